The van der Waals surface area contributed by atoms with Crippen LogP contribution in [0.4, 0.5) is 0 Å². The highest BCUT2D eigenvalue weighted by Gasteiger charge is 2.29. The van der Waals surface area contributed by atoms with Gasteiger partial charge in [-0.1, -0.05) is 29.8 Å². The van der Waals surface area contributed by atoms with Crippen LogP contribution in [0.1, 0.15) is 24.5 Å². The largest absolute Gasteiger partial charge is 0.256 e. The molecular weight excluding hydrogens is 350 g/mol. The van der Waals surface area contributed by atoms with Crippen LogP contribution in [-0.4, -0.2) is 15.0 Å². The van der Waals surface area contributed by atoms with Gasteiger partial charge in [0.15, 0.2) is 5.82 Å². The van der Waals surface area contributed by atoms with Gasteiger partial charge < -0.3 is 0 Å². The summed E-state index contributed by atoms with van der Waals surface area (Å²) < 4.78 is 0.828. The van der Waals surface area contributed by atoms with E-state index in [4.69, 9.17) is 16.6 Å². The van der Waals surface area contributed by atoms with Crippen LogP contribution in [0.25, 0.3) is 22.3 Å². The second-order valence-corrected chi connectivity index (χ2v) is 6.34. The van der Waals surface area contributed by atoms with Crippen molar-refractivity contribution in [3.05, 3.63) is 51.8 Å². The summed E-state index contributed by atoms with van der Waals surface area (Å²) >= 11 is 9.79. The molecule has 1 aliphatic carbocycles. The SMILES string of the molecule is Clc1nc(-c2ccnc3ccccc23)nc(C2CC2)c1Br. The molecule has 3 aromatic rings. The molecule has 0 unspecified atom stereocenters. The highest BCUT2D eigenvalue weighted by atomic mass is 79.9. The van der Waals surface area contributed by atoms with Crippen molar-refractivity contribution in [2.24, 2.45) is 0 Å². The molecule has 1 saturated carbocycles. The molecule has 104 valence electrons. The second-order valence-electron chi connectivity index (χ2n) is 5.19. The fraction of sp³-hybridized carbons (Fsp3) is 0.188. The van der Waals surface area contributed by atoms with Gasteiger partial charge in [0.1, 0.15) is 5.15 Å². The summed E-state index contributed by atoms with van der Waals surface area (Å²) in [5.41, 5.74) is 2.92. The first-order chi connectivity index (χ1) is 10.2. The van der Waals surface area contributed by atoms with E-state index in [1.54, 1.807) is 6.20 Å². The number of para-hydroxylation sites is 1. The van der Waals surface area contributed by atoms with Crippen LogP contribution in [0, 0.1) is 0 Å². The zero-order valence-electron chi connectivity index (χ0n) is 11.1. The zero-order chi connectivity index (χ0) is 14.4. The van der Waals surface area contributed by atoms with Crippen molar-refractivity contribution < 1.29 is 0 Å². The molecule has 0 amide bonds. The summed E-state index contributed by atoms with van der Waals surface area (Å²) in [6.07, 6.45) is 4.12. The lowest BCUT2D eigenvalue weighted by Crippen LogP contribution is -1.98. The van der Waals surface area contributed by atoms with Crippen molar-refractivity contribution in [2.45, 2.75) is 18.8 Å². The van der Waals surface area contributed by atoms with Gasteiger partial charge in [0, 0.05) is 23.1 Å². The fourth-order valence-corrected chi connectivity index (χ4v) is 3.15. The maximum atomic E-state index is 6.28. The van der Waals surface area contributed by atoms with Crippen molar-refractivity contribution in [2.75, 3.05) is 0 Å². The molecule has 21 heavy (non-hydrogen) atoms. The molecule has 0 saturated heterocycles. The minimum absolute atomic E-state index is 0.475. The Morgan fingerprint density at radius 3 is 2.71 bits per heavy atom. The Labute approximate surface area is 135 Å². The maximum absolute atomic E-state index is 6.28. The number of hydrogen-bond acceptors (Lipinski definition) is 3. The van der Waals surface area contributed by atoms with Gasteiger partial charge in [0.25, 0.3) is 0 Å². The number of benzene rings is 1. The van der Waals surface area contributed by atoms with Crippen LogP contribution < -0.4 is 0 Å². The predicted octanol–water partition coefficient (Wildman–Crippen LogP) is 4.99. The van der Waals surface area contributed by atoms with Crippen LogP contribution in [-0.2, 0) is 0 Å². The number of pyridine rings is 1. The third kappa shape index (κ3) is 2.32. The van der Waals surface area contributed by atoms with Gasteiger partial charge in [0.2, 0.25) is 0 Å². The van der Waals surface area contributed by atoms with E-state index in [0.29, 0.717) is 16.9 Å². The smallest absolute Gasteiger partial charge is 0.161 e. The minimum Gasteiger partial charge on any atom is -0.256 e. The number of aromatic nitrogens is 3. The number of fused-ring (bicyclic) bond motifs is 1. The van der Waals surface area contributed by atoms with Crippen LogP contribution in [0.3, 0.4) is 0 Å². The Balaban J connectivity index is 1.96. The Morgan fingerprint density at radius 1 is 1.10 bits per heavy atom. The molecule has 0 aliphatic heterocycles. The normalized spacial score (nSPS) is 14.6. The molecule has 0 N–H and O–H groups in total. The van der Waals surface area contributed by atoms with E-state index in [0.717, 1.165) is 26.6 Å². The Bertz CT molecular complexity index is 841. The lowest BCUT2D eigenvalue weighted by Gasteiger charge is -2.09. The Morgan fingerprint density at radius 2 is 1.90 bits per heavy atom. The lowest BCUT2D eigenvalue weighted by atomic mass is 10.1. The molecule has 1 aliphatic rings. The van der Waals surface area contributed by atoms with Gasteiger partial charge in [-0.2, -0.15) is 0 Å². The highest BCUT2D eigenvalue weighted by molar-refractivity contribution is 9.10. The van der Waals surface area contributed by atoms with Crippen molar-refractivity contribution in [3.8, 4) is 11.4 Å². The van der Waals surface area contributed by atoms with E-state index in [1.165, 1.54) is 12.8 Å². The summed E-state index contributed by atoms with van der Waals surface area (Å²) in [6, 6.07) is 9.94. The van der Waals surface area contributed by atoms with E-state index < -0.39 is 0 Å². The van der Waals surface area contributed by atoms with Crippen LogP contribution in [0.5, 0.6) is 0 Å². The Kier molecular flexibility index (Phi) is 3.16. The summed E-state index contributed by atoms with van der Waals surface area (Å²) in [6.45, 7) is 0. The third-order valence-electron chi connectivity index (χ3n) is 3.69. The topological polar surface area (TPSA) is 38.7 Å². The summed E-state index contributed by atoms with van der Waals surface area (Å²) in [5, 5.41) is 1.52. The van der Waals surface area contributed by atoms with E-state index in [2.05, 4.69) is 25.9 Å². The Hall–Kier alpha value is -1.52. The third-order valence-corrected chi connectivity index (χ3v) is 4.97. The molecule has 5 heteroatoms. The first kappa shape index (κ1) is 13.2. The monoisotopic (exact) mass is 359 g/mol. The average molecular weight is 361 g/mol. The van der Waals surface area contributed by atoms with Crippen molar-refractivity contribution in [1.82, 2.24) is 15.0 Å². The molecule has 1 aromatic carbocycles. The molecule has 2 aromatic heterocycles. The molecular formula is C16H11BrClN3. The quantitative estimate of drug-likeness (QED) is 0.605. The summed E-state index contributed by atoms with van der Waals surface area (Å²) in [7, 11) is 0. The van der Waals surface area contributed by atoms with Crippen molar-refractivity contribution in [3.63, 3.8) is 0 Å². The molecule has 2 heterocycles. The first-order valence-corrected chi connectivity index (χ1v) is 7.98. The van der Waals surface area contributed by atoms with Gasteiger partial charge >= 0.3 is 0 Å². The fourth-order valence-electron chi connectivity index (χ4n) is 2.47. The first-order valence-electron chi connectivity index (χ1n) is 6.81. The molecule has 0 atom stereocenters. The molecule has 4 rings (SSSR count). The van der Waals surface area contributed by atoms with Gasteiger partial charge in [0.05, 0.1) is 15.7 Å². The van der Waals surface area contributed by atoms with E-state index in [-0.39, 0.29) is 0 Å². The van der Waals surface area contributed by atoms with E-state index >= 15 is 0 Å². The van der Waals surface area contributed by atoms with E-state index in [1.807, 2.05) is 30.3 Å². The number of rotatable bonds is 2. The molecule has 0 spiro atoms. The zero-order valence-corrected chi connectivity index (χ0v) is 13.4. The lowest BCUT2D eigenvalue weighted by molar-refractivity contribution is 0.980. The second kappa shape index (κ2) is 5.04. The average Bonchev–Trinajstić information content (AvgIpc) is 3.34. The van der Waals surface area contributed by atoms with Gasteiger partial charge in [-0.3, -0.25) is 4.98 Å². The van der Waals surface area contributed by atoms with Gasteiger partial charge in [-0.25, -0.2) is 9.97 Å². The highest BCUT2D eigenvalue weighted by Crippen LogP contribution is 2.44. The standard InChI is InChI=1S/C16H11BrClN3/c17-13-14(9-5-6-9)20-16(21-15(13)18)11-7-8-19-12-4-2-1-3-10(11)12/h1-4,7-9H,5-6H2. The predicted molar refractivity (Wildman–Crippen MR) is 87.5 cm³/mol. The maximum Gasteiger partial charge on any atom is 0.161 e. The summed E-state index contributed by atoms with van der Waals surface area (Å²) in [4.78, 5) is 13.6. The minimum atomic E-state index is 0.475. The number of halogens is 2. The van der Waals surface area contributed by atoms with Crippen molar-refractivity contribution in [1.29, 1.82) is 0 Å². The molecule has 1 fully saturated rings. The number of hydrogen-bond donors (Lipinski definition) is 0. The van der Waals surface area contributed by atoms with Gasteiger partial charge in [-0.15, -0.1) is 0 Å². The molecule has 0 bridgehead atoms. The van der Waals surface area contributed by atoms with Crippen LogP contribution in [0.15, 0.2) is 41.0 Å². The van der Waals surface area contributed by atoms with Crippen LogP contribution in [0.2, 0.25) is 5.15 Å². The summed E-state index contributed by atoms with van der Waals surface area (Å²) in [5.74, 6) is 1.18. The molecule has 3 nitrogen and oxygen atoms in total. The van der Waals surface area contributed by atoms with E-state index in [9.17, 15) is 0 Å². The molecule has 0 radical (unpaired) electrons. The number of nitrogens with zero attached hydrogens (tertiary/aromatic N) is 3. The van der Waals surface area contributed by atoms with Gasteiger partial charge in [-0.05, 0) is 40.9 Å². The van der Waals surface area contributed by atoms with Crippen molar-refractivity contribution >= 4 is 38.4 Å². The van der Waals surface area contributed by atoms with Crippen LogP contribution >= 0.6 is 27.5 Å².